The largest absolute Gasteiger partial charge is 0.465 e. The molecule has 0 spiro atoms. The number of esters is 1. The van der Waals surface area contributed by atoms with Crippen molar-refractivity contribution in [1.29, 1.82) is 0 Å². The third kappa shape index (κ3) is 4.98. The van der Waals surface area contributed by atoms with E-state index >= 15 is 0 Å². The summed E-state index contributed by atoms with van der Waals surface area (Å²) in [5.41, 5.74) is 0.482. The lowest BCUT2D eigenvalue weighted by atomic mass is 10.2. The summed E-state index contributed by atoms with van der Waals surface area (Å²) < 4.78 is 30.8. The van der Waals surface area contributed by atoms with Gasteiger partial charge in [0.15, 0.2) is 0 Å². The van der Waals surface area contributed by atoms with Crippen LogP contribution in [0.5, 0.6) is 0 Å². The van der Waals surface area contributed by atoms with Crippen LogP contribution in [0.3, 0.4) is 0 Å². The molecule has 0 aliphatic carbocycles. The minimum Gasteiger partial charge on any atom is -0.465 e. The average Bonchev–Trinajstić information content (AvgIpc) is 2.62. The molecule has 0 aliphatic heterocycles. The predicted octanol–water partition coefficient (Wildman–Crippen LogP) is 3.04. The van der Waals surface area contributed by atoms with Crippen LogP contribution in [0.4, 0.5) is 5.69 Å². The number of hydrogen-bond donors (Lipinski definition) is 1. The number of carbonyl (C=O) groups is 2. The first-order chi connectivity index (χ1) is 12.7. The number of likely N-dealkylation sites (N-methyl/N-ethyl adjacent to an activating group) is 1. The summed E-state index contributed by atoms with van der Waals surface area (Å²) >= 11 is 12.0. The highest BCUT2D eigenvalue weighted by Crippen LogP contribution is 2.26. The molecule has 7 nitrogen and oxygen atoms in total. The molecule has 1 N–H and O–H groups in total. The Morgan fingerprint density at radius 1 is 1.11 bits per heavy atom. The number of anilines is 1. The van der Waals surface area contributed by atoms with Crippen LogP contribution in [0.25, 0.3) is 0 Å². The molecule has 0 aromatic heterocycles. The number of halogens is 2. The molecular weight excluding hydrogens is 415 g/mol. The molecule has 2 rings (SSSR count). The zero-order chi connectivity index (χ0) is 20.2. The van der Waals surface area contributed by atoms with Crippen molar-refractivity contribution in [3.63, 3.8) is 0 Å². The maximum atomic E-state index is 12.7. The number of rotatable bonds is 6. The third-order valence-corrected chi connectivity index (χ3v) is 6.17. The van der Waals surface area contributed by atoms with Crippen molar-refractivity contribution >= 4 is 50.8 Å². The van der Waals surface area contributed by atoms with Crippen molar-refractivity contribution < 1.29 is 22.7 Å². The molecule has 0 heterocycles. The highest BCUT2D eigenvalue weighted by atomic mass is 35.5. The molecular formula is C17H16Cl2N2O5S. The molecule has 0 radical (unpaired) electrons. The van der Waals surface area contributed by atoms with E-state index < -0.39 is 28.4 Å². The number of nitrogens with one attached hydrogen (secondary N) is 1. The molecule has 0 saturated heterocycles. The second kappa shape index (κ2) is 8.71. The second-order valence-electron chi connectivity index (χ2n) is 5.43. The van der Waals surface area contributed by atoms with Gasteiger partial charge in [0.25, 0.3) is 0 Å². The summed E-state index contributed by atoms with van der Waals surface area (Å²) in [6, 6.07) is 10.2. The van der Waals surface area contributed by atoms with E-state index in [1.807, 2.05) is 0 Å². The number of carbonyl (C=O) groups excluding carboxylic acids is 2. The van der Waals surface area contributed by atoms with Crippen molar-refractivity contribution in [1.82, 2.24) is 4.31 Å². The maximum absolute atomic E-state index is 12.7. The quantitative estimate of drug-likeness (QED) is 0.710. The molecule has 0 saturated carbocycles. The molecule has 1 amide bonds. The van der Waals surface area contributed by atoms with Crippen LogP contribution in [0.2, 0.25) is 10.0 Å². The second-order valence-corrected chi connectivity index (χ2v) is 8.25. The molecule has 144 valence electrons. The van der Waals surface area contributed by atoms with Gasteiger partial charge < -0.3 is 10.1 Å². The minimum atomic E-state index is -4.06. The number of para-hydroxylation sites is 1. The van der Waals surface area contributed by atoms with Gasteiger partial charge in [0, 0.05) is 7.05 Å². The molecule has 0 unspecified atom stereocenters. The molecule has 2 aromatic carbocycles. The maximum Gasteiger partial charge on any atom is 0.337 e. The van der Waals surface area contributed by atoms with Gasteiger partial charge in [0.2, 0.25) is 15.9 Å². The van der Waals surface area contributed by atoms with Crippen LogP contribution < -0.4 is 5.32 Å². The number of sulfonamides is 1. The summed E-state index contributed by atoms with van der Waals surface area (Å²) in [5.74, 6) is -1.22. The number of ether oxygens (including phenoxy) is 1. The smallest absolute Gasteiger partial charge is 0.337 e. The summed E-state index contributed by atoms with van der Waals surface area (Å²) in [7, 11) is -1.62. The van der Waals surface area contributed by atoms with Crippen molar-refractivity contribution in [2.45, 2.75) is 4.90 Å². The molecule has 0 aliphatic rings. The van der Waals surface area contributed by atoms with Crippen LogP contribution in [-0.4, -0.2) is 45.3 Å². The van der Waals surface area contributed by atoms with Gasteiger partial charge >= 0.3 is 5.97 Å². The fourth-order valence-electron chi connectivity index (χ4n) is 2.16. The Bertz CT molecular complexity index is 979. The van der Waals surface area contributed by atoms with E-state index in [4.69, 9.17) is 23.2 Å². The van der Waals surface area contributed by atoms with Gasteiger partial charge in [-0.15, -0.1) is 0 Å². The number of amides is 1. The summed E-state index contributed by atoms with van der Waals surface area (Å²) in [4.78, 5) is 23.4. The Balaban J connectivity index is 2.17. The standard InChI is InChI=1S/C17H16Cl2N2O5S/c1-21(10-16(22)20-14-6-4-3-5-12(14)18)27(24,25)15-8-7-11(9-13(15)19)17(23)26-2/h3-9H,10H2,1-2H3,(H,20,22). The average molecular weight is 431 g/mol. The van der Waals surface area contributed by atoms with Gasteiger partial charge in [-0.1, -0.05) is 35.3 Å². The van der Waals surface area contributed by atoms with E-state index in [2.05, 4.69) is 10.1 Å². The van der Waals surface area contributed by atoms with Crippen LogP contribution in [0.1, 0.15) is 10.4 Å². The van der Waals surface area contributed by atoms with E-state index in [-0.39, 0.29) is 15.5 Å². The normalized spacial score (nSPS) is 11.3. The Labute approximate surface area is 166 Å². The van der Waals surface area contributed by atoms with Gasteiger partial charge in [-0.3, -0.25) is 4.79 Å². The summed E-state index contributed by atoms with van der Waals surface area (Å²) in [5, 5.41) is 2.71. The molecule has 0 fully saturated rings. The molecule has 27 heavy (non-hydrogen) atoms. The van der Waals surface area contributed by atoms with Crippen molar-refractivity contribution in [3.8, 4) is 0 Å². The first kappa shape index (κ1) is 21.2. The number of nitrogens with zero attached hydrogens (tertiary/aromatic N) is 1. The van der Waals surface area contributed by atoms with Gasteiger partial charge in [0.05, 0.1) is 35.0 Å². The van der Waals surface area contributed by atoms with Crippen LogP contribution in [0.15, 0.2) is 47.4 Å². The Morgan fingerprint density at radius 3 is 2.37 bits per heavy atom. The first-order valence-electron chi connectivity index (χ1n) is 7.55. The van der Waals surface area contributed by atoms with Gasteiger partial charge in [-0.25, -0.2) is 13.2 Å². The lowest BCUT2D eigenvalue weighted by molar-refractivity contribution is -0.116. The molecule has 2 aromatic rings. The van der Waals surface area contributed by atoms with Crippen LogP contribution in [-0.2, 0) is 19.6 Å². The van der Waals surface area contributed by atoms with Gasteiger partial charge in [0.1, 0.15) is 4.90 Å². The Hall–Kier alpha value is -2.13. The fraction of sp³-hybridized carbons (Fsp3) is 0.176. The van der Waals surface area contributed by atoms with E-state index in [9.17, 15) is 18.0 Å². The zero-order valence-electron chi connectivity index (χ0n) is 14.4. The number of methoxy groups -OCH3 is 1. The minimum absolute atomic E-state index is 0.112. The highest BCUT2D eigenvalue weighted by Gasteiger charge is 2.26. The van der Waals surface area contributed by atoms with E-state index in [1.54, 1.807) is 24.3 Å². The van der Waals surface area contributed by atoms with Crippen molar-refractivity contribution in [2.24, 2.45) is 0 Å². The van der Waals surface area contributed by atoms with Crippen LogP contribution in [0, 0.1) is 0 Å². The van der Waals surface area contributed by atoms with Gasteiger partial charge in [-0.05, 0) is 30.3 Å². The zero-order valence-corrected chi connectivity index (χ0v) is 16.7. The Kier molecular flexibility index (Phi) is 6.83. The predicted molar refractivity (Wildman–Crippen MR) is 103 cm³/mol. The van der Waals surface area contributed by atoms with Crippen LogP contribution >= 0.6 is 23.2 Å². The molecule has 0 atom stereocenters. The SMILES string of the molecule is COC(=O)c1ccc(S(=O)(=O)N(C)CC(=O)Nc2ccccc2Cl)c(Cl)c1. The monoisotopic (exact) mass is 430 g/mol. The molecule has 10 heteroatoms. The van der Waals surface area contributed by atoms with E-state index in [0.29, 0.717) is 10.7 Å². The summed E-state index contributed by atoms with van der Waals surface area (Å²) in [6.07, 6.45) is 0. The number of benzene rings is 2. The number of hydrogen-bond acceptors (Lipinski definition) is 5. The van der Waals surface area contributed by atoms with Crippen molar-refractivity contribution in [2.75, 3.05) is 26.0 Å². The summed E-state index contributed by atoms with van der Waals surface area (Å²) in [6.45, 7) is -0.456. The topological polar surface area (TPSA) is 92.8 Å². The first-order valence-corrected chi connectivity index (χ1v) is 9.75. The Morgan fingerprint density at radius 2 is 1.78 bits per heavy atom. The van der Waals surface area contributed by atoms with Crippen molar-refractivity contribution in [3.05, 3.63) is 58.1 Å². The van der Waals surface area contributed by atoms with E-state index in [0.717, 1.165) is 4.31 Å². The van der Waals surface area contributed by atoms with Gasteiger partial charge in [-0.2, -0.15) is 4.31 Å². The van der Waals surface area contributed by atoms with E-state index in [1.165, 1.54) is 32.4 Å². The highest BCUT2D eigenvalue weighted by molar-refractivity contribution is 7.89. The lowest BCUT2D eigenvalue weighted by Gasteiger charge is -2.18. The molecule has 0 bridgehead atoms. The lowest BCUT2D eigenvalue weighted by Crippen LogP contribution is -2.35. The third-order valence-electron chi connectivity index (χ3n) is 3.56. The fourth-order valence-corrected chi connectivity index (χ4v) is 3.99.